The van der Waals surface area contributed by atoms with Gasteiger partial charge in [-0.25, -0.2) is 4.98 Å². The molecular weight excluding hydrogens is 248 g/mol. The van der Waals surface area contributed by atoms with Crippen LogP contribution >= 0.6 is 0 Å². The van der Waals surface area contributed by atoms with Gasteiger partial charge < -0.3 is 5.32 Å². The molecule has 8 heteroatoms. The zero-order valence-corrected chi connectivity index (χ0v) is 10.5. The van der Waals surface area contributed by atoms with Crippen molar-refractivity contribution in [1.82, 2.24) is 19.7 Å². The average molecular weight is 262 g/mol. The van der Waals surface area contributed by atoms with Crippen LogP contribution in [0.15, 0.2) is 24.8 Å². The van der Waals surface area contributed by atoms with Crippen LogP contribution < -0.4 is 5.32 Å². The summed E-state index contributed by atoms with van der Waals surface area (Å²) in [4.78, 5) is 18.5. The third-order valence-corrected chi connectivity index (χ3v) is 2.42. The Morgan fingerprint density at radius 2 is 2.21 bits per heavy atom. The largest absolute Gasteiger partial charge is 0.369 e. The Kier molecular flexibility index (Phi) is 4.01. The van der Waals surface area contributed by atoms with Crippen LogP contribution in [0.1, 0.15) is 19.0 Å². The van der Waals surface area contributed by atoms with Crippen LogP contribution in [0, 0.1) is 10.1 Å². The Morgan fingerprint density at radius 3 is 2.79 bits per heavy atom. The zero-order valence-electron chi connectivity index (χ0n) is 10.5. The van der Waals surface area contributed by atoms with Crippen molar-refractivity contribution in [3.63, 3.8) is 0 Å². The molecule has 100 valence electrons. The molecule has 0 aliphatic heterocycles. The van der Waals surface area contributed by atoms with Crippen LogP contribution in [0.3, 0.4) is 0 Å². The highest BCUT2D eigenvalue weighted by Gasteiger charge is 2.09. The van der Waals surface area contributed by atoms with Crippen molar-refractivity contribution in [2.24, 2.45) is 0 Å². The second kappa shape index (κ2) is 5.89. The molecule has 0 aromatic carbocycles. The van der Waals surface area contributed by atoms with Gasteiger partial charge in [0.25, 0.3) is 0 Å². The highest BCUT2D eigenvalue weighted by molar-refractivity contribution is 5.30. The molecule has 0 radical (unpaired) electrons. The van der Waals surface area contributed by atoms with Gasteiger partial charge in [0.1, 0.15) is 18.2 Å². The third kappa shape index (κ3) is 3.47. The van der Waals surface area contributed by atoms with Gasteiger partial charge in [-0.1, -0.05) is 6.92 Å². The van der Waals surface area contributed by atoms with Crippen LogP contribution in [-0.4, -0.2) is 31.2 Å². The summed E-state index contributed by atoms with van der Waals surface area (Å²) in [5.74, 6) is 0.719. The molecule has 2 heterocycles. The highest BCUT2D eigenvalue weighted by Crippen LogP contribution is 2.09. The number of nitrogens with zero attached hydrogens (tertiary/aromatic N) is 5. The predicted octanol–water partition coefficient (Wildman–Crippen LogP) is 1.45. The molecule has 8 nitrogen and oxygen atoms in total. The lowest BCUT2D eigenvalue weighted by molar-refractivity contribution is -0.385. The molecule has 0 unspecified atom stereocenters. The van der Waals surface area contributed by atoms with Gasteiger partial charge in [-0.3, -0.25) is 19.8 Å². The second-order valence-corrected chi connectivity index (χ2v) is 3.97. The Balaban J connectivity index is 2.00. The Hall–Kier alpha value is -2.51. The summed E-state index contributed by atoms with van der Waals surface area (Å²) in [7, 11) is 0. The van der Waals surface area contributed by atoms with Crippen LogP contribution in [0.2, 0.25) is 0 Å². The molecule has 0 bridgehead atoms. The topological polar surface area (TPSA) is 98.8 Å². The smallest absolute Gasteiger partial charge is 0.307 e. The zero-order chi connectivity index (χ0) is 13.7. The van der Waals surface area contributed by atoms with E-state index in [-0.39, 0.29) is 5.69 Å². The Morgan fingerprint density at radius 1 is 1.37 bits per heavy atom. The first-order valence-electron chi connectivity index (χ1n) is 5.90. The lowest BCUT2D eigenvalue weighted by atomic mass is 10.4. The molecule has 2 aromatic heterocycles. The van der Waals surface area contributed by atoms with Crippen LogP contribution in [0.4, 0.5) is 11.5 Å². The SMILES string of the molecule is CCCNc1cnc(Cn2cc([N+](=O)[O-])cn2)cn1. The number of hydrogen-bond donors (Lipinski definition) is 1. The standard InChI is InChI=1S/C11H14N6O2/c1-2-3-12-11-6-13-9(4-14-11)7-16-8-10(5-15-16)17(18)19/h4-6,8H,2-3,7H2,1H3,(H,12,14). The Bertz CT molecular complexity index is 551. The number of rotatable bonds is 6. The summed E-state index contributed by atoms with van der Waals surface area (Å²) >= 11 is 0. The van der Waals surface area contributed by atoms with Crippen LogP contribution in [0.25, 0.3) is 0 Å². The average Bonchev–Trinajstić information content (AvgIpc) is 2.87. The number of hydrogen-bond acceptors (Lipinski definition) is 6. The van der Waals surface area contributed by atoms with Crippen molar-refractivity contribution in [1.29, 1.82) is 0 Å². The molecule has 0 atom stereocenters. The molecule has 0 spiro atoms. The summed E-state index contributed by atoms with van der Waals surface area (Å²) in [6.07, 6.45) is 6.87. The summed E-state index contributed by atoms with van der Waals surface area (Å²) in [5.41, 5.74) is 0.661. The van der Waals surface area contributed by atoms with E-state index in [1.54, 1.807) is 12.4 Å². The van der Waals surface area contributed by atoms with E-state index in [4.69, 9.17) is 0 Å². The molecule has 0 amide bonds. The van der Waals surface area contributed by atoms with E-state index in [1.165, 1.54) is 17.1 Å². The molecule has 19 heavy (non-hydrogen) atoms. The van der Waals surface area contributed by atoms with E-state index < -0.39 is 4.92 Å². The van der Waals surface area contributed by atoms with Crippen molar-refractivity contribution in [2.45, 2.75) is 19.9 Å². The highest BCUT2D eigenvalue weighted by atomic mass is 16.6. The third-order valence-electron chi connectivity index (χ3n) is 2.42. The van der Waals surface area contributed by atoms with Crippen molar-refractivity contribution >= 4 is 11.5 Å². The van der Waals surface area contributed by atoms with Gasteiger partial charge >= 0.3 is 5.69 Å². The number of anilines is 1. The van der Waals surface area contributed by atoms with Gasteiger partial charge in [0.05, 0.1) is 29.6 Å². The molecule has 0 aliphatic rings. The summed E-state index contributed by atoms with van der Waals surface area (Å²) in [6, 6.07) is 0. The number of nitrogens with one attached hydrogen (secondary N) is 1. The van der Waals surface area contributed by atoms with E-state index in [2.05, 4.69) is 27.3 Å². The lowest BCUT2D eigenvalue weighted by Crippen LogP contribution is -2.06. The molecule has 1 N–H and O–H groups in total. The molecule has 2 aromatic rings. The molecule has 0 saturated carbocycles. The summed E-state index contributed by atoms with van der Waals surface area (Å²) < 4.78 is 1.46. The fourth-order valence-electron chi connectivity index (χ4n) is 1.48. The molecule has 0 fully saturated rings. The molecular formula is C11H14N6O2. The second-order valence-electron chi connectivity index (χ2n) is 3.97. The van der Waals surface area contributed by atoms with Gasteiger partial charge in [0.15, 0.2) is 0 Å². The fraction of sp³-hybridized carbons (Fsp3) is 0.364. The summed E-state index contributed by atoms with van der Waals surface area (Å²) in [6.45, 7) is 3.27. The van der Waals surface area contributed by atoms with Gasteiger partial charge in [-0.2, -0.15) is 5.10 Å². The fourth-order valence-corrected chi connectivity index (χ4v) is 1.48. The molecule has 2 rings (SSSR count). The summed E-state index contributed by atoms with van der Waals surface area (Å²) in [5, 5.41) is 17.5. The first kappa shape index (κ1) is 12.9. The maximum atomic E-state index is 10.5. The van der Waals surface area contributed by atoms with Gasteiger partial charge in [0.2, 0.25) is 0 Å². The normalized spacial score (nSPS) is 10.4. The van der Waals surface area contributed by atoms with Gasteiger partial charge in [-0.15, -0.1) is 0 Å². The lowest BCUT2D eigenvalue weighted by Gasteiger charge is -2.04. The van der Waals surface area contributed by atoms with E-state index in [9.17, 15) is 10.1 Å². The van der Waals surface area contributed by atoms with Crippen molar-refractivity contribution in [2.75, 3.05) is 11.9 Å². The first-order chi connectivity index (χ1) is 9.19. The van der Waals surface area contributed by atoms with Gasteiger partial charge in [0, 0.05) is 6.54 Å². The van der Waals surface area contributed by atoms with Crippen molar-refractivity contribution < 1.29 is 4.92 Å². The minimum Gasteiger partial charge on any atom is -0.369 e. The molecule has 0 aliphatic carbocycles. The molecule has 0 saturated heterocycles. The van der Waals surface area contributed by atoms with Crippen LogP contribution in [-0.2, 0) is 6.54 Å². The first-order valence-corrected chi connectivity index (χ1v) is 5.90. The maximum Gasteiger partial charge on any atom is 0.307 e. The van der Waals surface area contributed by atoms with Crippen molar-refractivity contribution in [3.05, 3.63) is 40.6 Å². The Labute approximate surface area is 109 Å². The van der Waals surface area contributed by atoms with E-state index >= 15 is 0 Å². The number of nitro groups is 1. The maximum absolute atomic E-state index is 10.5. The quantitative estimate of drug-likeness (QED) is 0.625. The van der Waals surface area contributed by atoms with Crippen LogP contribution in [0.5, 0.6) is 0 Å². The van der Waals surface area contributed by atoms with Crippen molar-refractivity contribution in [3.8, 4) is 0 Å². The minimum atomic E-state index is -0.479. The van der Waals surface area contributed by atoms with E-state index in [0.717, 1.165) is 18.8 Å². The minimum absolute atomic E-state index is 0.0332. The monoisotopic (exact) mass is 262 g/mol. The van der Waals surface area contributed by atoms with E-state index in [1.807, 2.05) is 0 Å². The number of aromatic nitrogens is 4. The van der Waals surface area contributed by atoms with Gasteiger partial charge in [-0.05, 0) is 6.42 Å². The predicted molar refractivity (Wildman–Crippen MR) is 68.8 cm³/mol. The van der Waals surface area contributed by atoms with E-state index in [0.29, 0.717) is 12.2 Å².